The quantitative estimate of drug-likeness (QED) is 0.238. The Balaban J connectivity index is 2.02. The van der Waals surface area contributed by atoms with E-state index in [9.17, 15) is 0 Å². The molecule has 0 aliphatic carbocycles. The summed E-state index contributed by atoms with van der Waals surface area (Å²) in [5.41, 5.74) is 8.99. The highest BCUT2D eigenvalue weighted by Crippen LogP contribution is 2.43. The van der Waals surface area contributed by atoms with Gasteiger partial charge in [0.15, 0.2) is 0 Å². The third-order valence-corrected chi connectivity index (χ3v) is 8.25. The molecule has 0 fully saturated rings. The number of hydrogen-bond donors (Lipinski definition) is 0. The van der Waals surface area contributed by atoms with Crippen molar-refractivity contribution in [2.45, 2.75) is 72.6 Å². The minimum Gasteiger partial charge on any atom is -0.292 e. The average molecular weight is 463 g/mol. The number of para-hydroxylation sites is 1. The van der Waals surface area contributed by atoms with Crippen molar-refractivity contribution >= 4 is 27.3 Å². The summed E-state index contributed by atoms with van der Waals surface area (Å²) in [5, 5.41) is 3.85. The number of rotatable bonds is 5. The average Bonchev–Trinajstić information content (AvgIpc) is 3.28. The largest absolute Gasteiger partial charge is 0.292 e. The highest BCUT2D eigenvalue weighted by atomic mass is 15.0. The molecule has 3 aromatic carbocycles. The summed E-state index contributed by atoms with van der Waals surface area (Å²) >= 11 is 0. The zero-order valence-corrected chi connectivity index (χ0v) is 22.5. The topological polar surface area (TPSA) is 17.3 Å². The molecule has 180 valence electrons. The Hall–Kier alpha value is -3.13. The van der Waals surface area contributed by atoms with Crippen molar-refractivity contribution in [1.29, 1.82) is 0 Å². The van der Waals surface area contributed by atoms with Gasteiger partial charge in [0, 0.05) is 16.3 Å². The Morgan fingerprint density at radius 3 is 1.94 bits per heavy atom. The van der Waals surface area contributed by atoms with Crippen molar-refractivity contribution in [1.82, 2.24) is 9.38 Å². The zero-order valence-electron chi connectivity index (χ0n) is 22.5. The molecule has 0 aliphatic heterocycles. The molecule has 0 saturated carbocycles. The van der Waals surface area contributed by atoms with Crippen LogP contribution in [0.2, 0.25) is 0 Å². The zero-order chi connectivity index (χ0) is 25.1. The smallest absolute Gasteiger partial charge is 0.145 e. The highest BCUT2D eigenvalue weighted by Gasteiger charge is 2.29. The maximum Gasteiger partial charge on any atom is 0.145 e. The molecular formula is C33H38N2. The van der Waals surface area contributed by atoms with Crippen LogP contribution in [-0.4, -0.2) is 9.38 Å². The number of benzene rings is 3. The molecule has 0 N–H and O–H groups in total. The number of pyridine rings is 1. The van der Waals surface area contributed by atoms with Crippen LogP contribution in [0.3, 0.4) is 0 Å². The van der Waals surface area contributed by atoms with Gasteiger partial charge in [-0.25, -0.2) is 4.98 Å². The van der Waals surface area contributed by atoms with E-state index in [0.717, 1.165) is 5.65 Å². The Labute approximate surface area is 210 Å². The maximum absolute atomic E-state index is 5.17. The lowest BCUT2D eigenvalue weighted by atomic mass is 9.73. The van der Waals surface area contributed by atoms with Gasteiger partial charge in [-0.15, -0.1) is 0 Å². The van der Waals surface area contributed by atoms with Crippen LogP contribution in [0, 0.1) is 5.92 Å². The van der Waals surface area contributed by atoms with E-state index in [0.29, 0.717) is 17.8 Å². The lowest BCUT2D eigenvalue weighted by Crippen LogP contribution is -2.24. The van der Waals surface area contributed by atoms with Gasteiger partial charge in [-0.3, -0.25) is 4.40 Å². The molecule has 0 atom stereocenters. The van der Waals surface area contributed by atoms with Gasteiger partial charge in [0.25, 0.3) is 0 Å². The molecule has 0 aliphatic rings. The Morgan fingerprint density at radius 1 is 0.714 bits per heavy atom. The van der Waals surface area contributed by atoms with E-state index in [1.54, 1.807) is 0 Å². The number of hydrogen-bond acceptors (Lipinski definition) is 1. The number of fused-ring (bicyclic) bond motifs is 6. The van der Waals surface area contributed by atoms with E-state index in [-0.39, 0.29) is 5.41 Å². The minimum absolute atomic E-state index is 0.0213. The van der Waals surface area contributed by atoms with E-state index in [1.165, 1.54) is 49.6 Å². The fraction of sp³-hybridized carbons (Fsp3) is 0.364. The molecule has 0 unspecified atom stereocenters. The number of nitrogens with zero attached hydrogens (tertiary/aromatic N) is 2. The van der Waals surface area contributed by atoms with Gasteiger partial charge in [0.2, 0.25) is 0 Å². The van der Waals surface area contributed by atoms with Crippen LogP contribution in [0.15, 0.2) is 66.9 Å². The van der Waals surface area contributed by atoms with Gasteiger partial charge in [-0.1, -0.05) is 110 Å². The number of imidazole rings is 1. The minimum atomic E-state index is 0.0213. The first-order chi connectivity index (χ1) is 16.6. The van der Waals surface area contributed by atoms with Crippen LogP contribution in [0.5, 0.6) is 0 Å². The van der Waals surface area contributed by atoms with Crippen LogP contribution in [-0.2, 0) is 5.41 Å². The van der Waals surface area contributed by atoms with E-state index in [2.05, 4.69) is 127 Å². The summed E-state index contributed by atoms with van der Waals surface area (Å²) in [6.07, 6.45) is 2.12. The van der Waals surface area contributed by atoms with Gasteiger partial charge in [-0.05, 0) is 51.3 Å². The van der Waals surface area contributed by atoms with Gasteiger partial charge >= 0.3 is 0 Å². The van der Waals surface area contributed by atoms with Crippen molar-refractivity contribution < 1.29 is 0 Å². The monoisotopic (exact) mass is 462 g/mol. The fourth-order valence-corrected chi connectivity index (χ4v) is 5.56. The van der Waals surface area contributed by atoms with Crippen molar-refractivity contribution in [3.8, 4) is 11.3 Å². The van der Waals surface area contributed by atoms with Crippen molar-refractivity contribution in [3.05, 3.63) is 83.6 Å². The first kappa shape index (κ1) is 23.6. The molecule has 0 amide bonds. The third kappa shape index (κ3) is 3.57. The molecule has 35 heavy (non-hydrogen) atoms. The Bertz CT molecular complexity index is 1520. The maximum atomic E-state index is 5.17. The van der Waals surface area contributed by atoms with Gasteiger partial charge < -0.3 is 0 Å². The molecule has 5 aromatic rings. The van der Waals surface area contributed by atoms with Crippen LogP contribution in [0.25, 0.3) is 38.6 Å². The molecule has 2 nitrogen and oxygen atoms in total. The van der Waals surface area contributed by atoms with Gasteiger partial charge in [-0.2, -0.15) is 0 Å². The predicted octanol–water partition coefficient (Wildman–Crippen LogP) is 9.49. The normalized spacial score (nSPS) is 12.8. The second-order valence-corrected chi connectivity index (χ2v) is 11.5. The Kier molecular flexibility index (Phi) is 5.74. The summed E-state index contributed by atoms with van der Waals surface area (Å²) in [5.74, 6) is 1.36. The molecule has 2 heteroatoms. The number of aromatic nitrogens is 2. The lowest BCUT2D eigenvalue weighted by molar-refractivity contribution is 0.375. The van der Waals surface area contributed by atoms with Gasteiger partial charge in [0.05, 0.1) is 17.4 Å². The van der Waals surface area contributed by atoms with E-state index in [1.807, 2.05) is 0 Å². The van der Waals surface area contributed by atoms with Crippen LogP contribution >= 0.6 is 0 Å². The van der Waals surface area contributed by atoms with Crippen LogP contribution < -0.4 is 0 Å². The first-order valence-electron chi connectivity index (χ1n) is 13.1. The van der Waals surface area contributed by atoms with E-state index < -0.39 is 0 Å². The van der Waals surface area contributed by atoms with Crippen molar-refractivity contribution in [2.24, 2.45) is 5.92 Å². The molecule has 0 bridgehead atoms. The molecular weight excluding hydrogens is 424 g/mol. The molecule has 5 rings (SSSR count). The summed E-state index contributed by atoms with van der Waals surface area (Å²) in [7, 11) is 0. The summed E-state index contributed by atoms with van der Waals surface area (Å²) in [6.45, 7) is 18.6. The second-order valence-electron chi connectivity index (χ2n) is 11.5. The van der Waals surface area contributed by atoms with Crippen molar-refractivity contribution in [2.75, 3.05) is 0 Å². The summed E-state index contributed by atoms with van der Waals surface area (Å²) in [6, 6.07) is 22.4. The third-order valence-electron chi connectivity index (χ3n) is 8.25. The predicted molar refractivity (Wildman–Crippen MR) is 152 cm³/mol. The molecule has 0 spiro atoms. The molecule has 2 heterocycles. The SMILES string of the molecule is CC(C)c1cccc(C(C)C)c1-c1cnc2c3c(C(C)(C)C(C)C)cccc3c3ccccc3n12. The van der Waals surface area contributed by atoms with E-state index >= 15 is 0 Å². The highest BCUT2D eigenvalue weighted by molar-refractivity contribution is 6.14. The Morgan fingerprint density at radius 2 is 1.31 bits per heavy atom. The first-order valence-corrected chi connectivity index (χ1v) is 13.1. The fourth-order valence-electron chi connectivity index (χ4n) is 5.56. The summed E-state index contributed by atoms with van der Waals surface area (Å²) < 4.78 is 2.44. The molecule has 2 aromatic heterocycles. The molecule has 0 radical (unpaired) electrons. The van der Waals surface area contributed by atoms with E-state index in [4.69, 9.17) is 4.98 Å². The lowest BCUT2D eigenvalue weighted by Gasteiger charge is -2.31. The van der Waals surface area contributed by atoms with Crippen molar-refractivity contribution in [3.63, 3.8) is 0 Å². The van der Waals surface area contributed by atoms with Crippen LogP contribution in [0.1, 0.15) is 83.9 Å². The second kappa shape index (κ2) is 8.52. The van der Waals surface area contributed by atoms with Crippen LogP contribution in [0.4, 0.5) is 0 Å². The summed E-state index contributed by atoms with van der Waals surface area (Å²) in [4.78, 5) is 5.17. The van der Waals surface area contributed by atoms with Gasteiger partial charge in [0.1, 0.15) is 5.65 Å². The standard InChI is InChI=1S/C33H38N2/c1-20(2)23-14-11-15-24(21(3)4)30(23)29-19-34-32-31-26(25-13-9-10-18-28(25)35(29)32)16-12-17-27(31)33(7,8)22(5)6/h9-22H,1-8H3. The molecule has 0 saturated heterocycles.